The second-order valence-electron chi connectivity index (χ2n) is 8.68. The van der Waals surface area contributed by atoms with E-state index in [9.17, 15) is 4.79 Å². The second kappa shape index (κ2) is 7.44. The Labute approximate surface area is 187 Å². The van der Waals surface area contributed by atoms with Gasteiger partial charge in [-0.1, -0.05) is 85.6 Å². The zero-order valence-electron chi connectivity index (χ0n) is 16.9. The van der Waals surface area contributed by atoms with Gasteiger partial charge in [0.05, 0.1) is 16.0 Å². The monoisotopic (exact) mass is 435 g/mol. The molecular formula is C26H23Cl2NO. The standard InChI is InChI=1S/C26H23Cl2NO/c1-14(2)22-23-16-7-3-5-9-18(16)24(19-10-6-4-8-17(19)23)25(22)26(30)29-15-11-12-20(27)21(28)13-15/h3-14,22-25H,1-2H3,(H,29,30). The van der Waals surface area contributed by atoms with E-state index in [1.165, 1.54) is 22.3 Å². The number of hydrogen-bond acceptors (Lipinski definition) is 1. The summed E-state index contributed by atoms with van der Waals surface area (Å²) in [5.41, 5.74) is 6.00. The van der Waals surface area contributed by atoms with Gasteiger partial charge in [-0.25, -0.2) is 0 Å². The van der Waals surface area contributed by atoms with Gasteiger partial charge in [-0.15, -0.1) is 0 Å². The van der Waals surface area contributed by atoms with Crippen LogP contribution in [0.2, 0.25) is 10.0 Å². The van der Waals surface area contributed by atoms with Gasteiger partial charge in [0.2, 0.25) is 5.91 Å². The van der Waals surface area contributed by atoms with Crippen molar-refractivity contribution in [3.63, 3.8) is 0 Å². The third-order valence-electron chi connectivity index (χ3n) is 6.75. The van der Waals surface area contributed by atoms with Crippen molar-refractivity contribution in [2.75, 3.05) is 5.32 Å². The van der Waals surface area contributed by atoms with Crippen LogP contribution in [-0.4, -0.2) is 5.91 Å². The van der Waals surface area contributed by atoms with E-state index in [-0.39, 0.29) is 29.6 Å². The highest BCUT2D eigenvalue weighted by Crippen LogP contribution is 2.60. The zero-order valence-corrected chi connectivity index (χ0v) is 18.4. The first-order chi connectivity index (χ1) is 14.5. The largest absolute Gasteiger partial charge is 0.326 e. The molecule has 2 bridgehead atoms. The lowest BCUT2D eigenvalue weighted by Gasteiger charge is -2.51. The van der Waals surface area contributed by atoms with Crippen molar-refractivity contribution in [1.82, 2.24) is 0 Å². The van der Waals surface area contributed by atoms with Gasteiger partial charge in [0.25, 0.3) is 0 Å². The van der Waals surface area contributed by atoms with Gasteiger partial charge >= 0.3 is 0 Å². The molecule has 1 N–H and O–H groups in total. The maximum absolute atomic E-state index is 13.7. The molecule has 0 saturated heterocycles. The van der Waals surface area contributed by atoms with Crippen LogP contribution in [0.25, 0.3) is 0 Å². The zero-order chi connectivity index (χ0) is 21.0. The SMILES string of the molecule is CC(C)C1C2c3ccccc3C(c3ccccc32)C1C(=O)Nc1ccc(Cl)c(Cl)c1. The molecule has 0 radical (unpaired) electrons. The van der Waals surface area contributed by atoms with Crippen LogP contribution in [0.5, 0.6) is 0 Å². The van der Waals surface area contributed by atoms with E-state index in [2.05, 4.69) is 67.7 Å². The predicted octanol–water partition coefficient (Wildman–Crippen LogP) is 7.11. The summed E-state index contributed by atoms with van der Waals surface area (Å²) in [7, 11) is 0. The minimum absolute atomic E-state index is 0.0473. The molecule has 2 atom stereocenters. The molecule has 0 spiro atoms. The van der Waals surface area contributed by atoms with Gasteiger partial charge in [0.1, 0.15) is 0 Å². The topological polar surface area (TPSA) is 29.1 Å². The van der Waals surface area contributed by atoms with Gasteiger partial charge in [-0.2, -0.15) is 0 Å². The van der Waals surface area contributed by atoms with Crippen LogP contribution in [0, 0.1) is 17.8 Å². The summed E-state index contributed by atoms with van der Waals surface area (Å²) in [6.07, 6.45) is 0. The van der Waals surface area contributed by atoms with Crippen molar-refractivity contribution in [2.24, 2.45) is 17.8 Å². The molecule has 0 aromatic heterocycles. The highest BCUT2D eigenvalue weighted by Gasteiger charge is 2.53. The highest BCUT2D eigenvalue weighted by molar-refractivity contribution is 6.42. The Hall–Kier alpha value is -2.29. The number of nitrogens with one attached hydrogen (secondary N) is 1. The predicted molar refractivity (Wildman–Crippen MR) is 123 cm³/mol. The normalized spacial score (nSPS) is 23.8. The van der Waals surface area contributed by atoms with E-state index in [1.54, 1.807) is 18.2 Å². The van der Waals surface area contributed by atoms with E-state index < -0.39 is 0 Å². The molecule has 0 aliphatic heterocycles. The molecule has 3 aliphatic rings. The van der Waals surface area contributed by atoms with Crippen molar-refractivity contribution >= 4 is 34.8 Å². The fraction of sp³-hybridized carbons (Fsp3) is 0.269. The van der Waals surface area contributed by atoms with Crippen molar-refractivity contribution in [1.29, 1.82) is 0 Å². The van der Waals surface area contributed by atoms with E-state index in [4.69, 9.17) is 23.2 Å². The van der Waals surface area contributed by atoms with Gasteiger partial charge in [0.15, 0.2) is 0 Å². The number of carbonyl (C=O) groups is 1. The minimum atomic E-state index is -0.144. The summed E-state index contributed by atoms with van der Waals surface area (Å²) in [6, 6.07) is 22.5. The Bertz CT molecular complexity index is 1090. The molecule has 3 aromatic rings. The van der Waals surface area contributed by atoms with Crippen LogP contribution in [0.3, 0.4) is 0 Å². The summed E-state index contributed by atoms with van der Waals surface area (Å²) < 4.78 is 0. The first kappa shape index (κ1) is 19.7. The Morgan fingerprint density at radius 3 is 1.83 bits per heavy atom. The van der Waals surface area contributed by atoms with Gasteiger partial charge in [-0.3, -0.25) is 4.79 Å². The summed E-state index contributed by atoms with van der Waals surface area (Å²) >= 11 is 12.2. The molecule has 0 heterocycles. The maximum Gasteiger partial charge on any atom is 0.228 e. The lowest BCUT2D eigenvalue weighted by molar-refractivity contribution is -0.123. The molecule has 1 amide bonds. The number of benzene rings is 3. The Balaban J connectivity index is 1.62. The van der Waals surface area contributed by atoms with Crippen LogP contribution >= 0.6 is 23.2 Å². The summed E-state index contributed by atoms with van der Waals surface area (Å²) in [6.45, 7) is 4.46. The van der Waals surface area contributed by atoms with E-state index in [0.29, 0.717) is 21.7 Å². The molecule has 4 heteroatoms. The lowest BCUT2D eigenvalue weighted by Crippen LogP contribution is -2.47. The number of anilines is 1. The molecule has 0 saturated carbocycles. The molecule has 30 heavy (non-hydrogen) atoms. The van der Waals surface area contributed by atoms with Gasteiger partial charge in [-0.05, 0) is 52.3 Å². The van der Waals surface area contributed by atoms with Crippen molar-refractivity contribution in [3.05, 3.63) is 99.0 Å². The third-order valence-corrected chi connectivity index (χ3v) is 7.49. The Morgan fingerprint density at radius 2 is 1.33 bits per heavy atom. The summed E-state index contributed by atoms with van der Waals surface area (Å²) in [5.74, 6) is 0.774. The Kier molecular flexibility index (Phi) is 4.88. The molecule has 3 aliphatic carbocycles. The lowest BCUT2D eigenvalue weighted by atomic mass is 9.52. The highest BCUT2D eigenvalue weighted by atomic mass is 35.5. The molecule has 0 fully saturated rings. The van der Waals surface area contributed by atoms with Gasteiger partial charge in [0, 0.05) is 17.5 Å². The fourth-order valence-corrected chi connectivity index (χ4v) is 5.94. The number of carbonyl (C=O) groups excluding carboxylic acids is 1. The van der Waals surface area contributed by atoms with E-state index >= 15 is 0 Å². The molecular weight excluding hydrogens is 413 g/mol. The molecule has 6 rings (SSSR count). The first-order valence-corrected chi connectivity index (χ1v) is 11.2. The molecule has 2 nitrogen and oxygen atoms in total. The second-order valence-corrected chi connectivity index (χ2v) is 9.49. The fourth-order valence-electron chi connectivity index (χ4n) is 5.65. The van der Waals surface area contributed by atoms with Crippen molar-refractivity contribution < 1.29 is 4.79 Å². The average Bonchev–Trinajstić information content (AvgIpc) is 2.75. The number of fused-ring (bicyclic) bond motifs is 1. The number of halogens is 2. The van der Waals surface area contributed by atoms with Crippen LogP contribution in [0.4, 0.5) is 5.69 Å². The van der Waals surface area contributed by atoms with Gasteiger partial charge < -0.3 is 5.32 Å². The molecule has 3 aromatic carbocycles. The van der Waals surface area contributed by atoms with Crippen LogP contribution < -0.4 is 5.32 Å². The van der Waals surface area contributed by atoms with Crippen LogP contribution in [-0.2, 0) is 4.79 Å². The van der Waals surface area contributed by atoms with Crippen molar-refractivity contribution in [2.45, 2.75) is 25.7 Å². The Morgan fingerprint density at radius 1 is 0.800 bits per heavy atom. The minimum Gasteiger partial charge on any atom is -0.326 e. The van der Waals surface area contributed by atoms with Crippen LogP contribution in [0.1, 0.15) is 47.9 Å². The van der Waals surface area contributed by atoms with Crippen LogP contribution in [0.15, 0.2) is 66.7 Å². The maximum atomic E-state index is 13.7. The third kappa shape index (κ3) is 2.97. The number of amides is 1. The van der Waals surface area contributed by atoms with E-state index in [0.717, 1.165) is 0 Å². The quantitative estimate of drug-likeness (QED) is 0.466. The molecule has 152 valence electrons. The van der Waals surface area contributed by atoms with Crippen molar-refractivity contribution in [3.8, 4) is 0 Å². The summed E-state index contributed by atoms with van der Waals surface area (Å²) in [4.78, 5) is 13.7. The first-order valence-electron chi connectivity index (χ1n) is 10.4. The summed E-state index contributed by atoms with van der Waals surface area (Å²) in [5, 5.41) is 4.05. The number of hydrogen-bond donors (Lipinski definition) is 1. The molecule has 2 unspecified atom stereocenters. The smallest absolute Gasteiger partial charge is 0.228 e. The number of rotatable bonds is 3. The van der Waals surface area contributed by atoms with E-state index in [1.807, 2.05) is 0 Å². The average molecular weight is 436 g/mol.